The van der Waals surface area contributed by atoms with Crippen molar-refractivity contribution in [2.45, 2.75) is 50.3 Å². The highest BCUT2D eigenvalue weighted by Gasteiger charge is 2.37. The summed E-state index contributed by atoms with van der Waals surface area (Å²) in [7, 11) is -3.51. The van der Waals surface area contributed by atoms with Crippen molar-refractivity contribution in [3.05, 3.63) is 47.5 Å². The van der Waals surface area contributed by atoms with Gasteiger partial charge in [0, 0.05) is 17.1 Å². The van der Waals surface area contributed by atoms with Crippen LogP contribution in [0.2, 0.25) is 0 Å². The molecule has 10 nitrogen and oxygen atoms in total. The van der Waals surface area contributed by atoms with Gasteiger partial charge in [-0.2, -0.15) is 13.2 Å². The maximum Gasteiger partial charge on any atom is 0.434 e. The minimum absolute atomic E-state index is 0.0279. The van der Waals surface area contributed by atoms with Crippen molar-refractivity contribution < 1.29 is 31.1 Å². The largest absolute Gasteiger partial charge is 0.434 e. The van der Waals surface area contributed by atoms with E-state index in [1.165, 1.54) is 29.9 Å². The summed E-state index contributed by atoms with van der Waals surface area (Å²) >= 11 is 1.03. The van der Waals surface area contributed by atoms with Crippen LogP contribution >= 0.6 is 11.3 Å². The molecule has 0 radical (unpaired) electrons. The van der Waals surface area contributed by atoms with Crippen LogP contribution in [0.5, 0.6) is 0 Å². The Morgan fingerprint density at radius 3 is 2.53 bits per heavy atom. The number of nitrogens with one attached hydrogen (secondary N) is 2. The molecule has 0 spiro atoms. The molecule has 3 aromatic rings. The first-order valence-electron chi connectivity index (χ1n) is 10.7. The molecule has 1 aliphatic carbocycles. The van der Waals surface area contributed by atoms with Crippen LogP contribution in [0.1, 0.15) is 44.2 Å². The molecule has 4 rings (SSSR count). The number of halogens is 3. The highest BCUT2D eigenvalue weighted by atomic mass is 32.2. The molecule has 15 heteroatoms. The third-order valence-electron chi connectivity index (χ3n) is 4.87. The fourth-order valence-electron chi connectivity index (χ4n) is 3.03. The average Bonchev–Trinajstić information content (AvgIpc) is 3.59. The number of nitrogens with zero attached hydrogens (tertiary/aromatic N) is 4. The number of aromatic nitrogens is 4. The summed E-state index contributed by atoms with van der Waals surface area (Å²) in [6.07, 6.45) is -1.90. The number of hydrogen-bond acceptors (Lipinski definition) is 9. The van der Waals surface area contributed by atoms with Crippen LogP contribution < -0.4 is 10.0 Å². The Hall–Kier alpha value is -3.17. The van der Waals surface area contributed by atoms with Gasteiger partial charge in [0.1, 0.15) is 5.82 Å². The van der Waals surface area contributed by atoms with E-state index in [-0.39, 0.29) is 34.0 Å². The van der Waals surface area contributed by atoms with Crippen LogP contribution in [-0.4, -0.2) is 45.6 Å². The van der Waals surface area contributed by atoms with Crippen molar-refractivity contribution >= 4 is 38.2 Å². The van der Waals surface area contributed by atoms with Crippen molar-refractivity contribution in [3.63, 3.8) is 0 Å². The van der Waals surface area contributed by atoms with E-state index in [0.717, 1.165) is 11.3 Å². The van der Waals surface area contributed by atoms with Gasteiger partial charge in [-0.1, -0.05) is 0 Å². The minimum Gasteiger partial charge on any atom is -0.359 e. The second kappa shape index (κ2) is 10.1. The summed E-state index contributed by atoms with van der Waals surface area (Å²) in [5.41, 5.74) is -0.669. The summed E-state index contributed by atoms with van der Waals surface area (Å²) in [4.78, 5) is 28.4. The molecule has 1 unspecified atom stereocenters. The fraction of sp³-hybridized carbons (Fsp3) is 0.381. The molecule has 0 bridgehead atoms. The van der Waals surface area contributed by atoms with Crippen LogP contribution in [0.3, 0.4) is 0 Å². The van der Waals surface area contributed by atoms with Gasteiger partial charge < -0.3 is 10.1 Å². The molecule has 1 atom stereocenters. The number of ether oxygens (including phenoxy) is 1. The van der Waals surface area contributed by atoms with Gasteiger partial charge in [-0.25, -0.2) is 23.4 Å². The number of sulfonamides is 1. The summed E-state index contributed by atoms with van der Waals surface area (Å²) in [6.45, 7) is 3.46. The summed E-state index contributed by atoms with van der Waals surface area (Å²) < 4.78 is 71.2. The van der Waals surface area contributed by atoms with Gasteiger partial charge in [0.25, 0.3) is 5.91 Å². The second-order valence-corrected chi connectivity index (χ2v) is 11.0. The Morgan fingerprint density at radius 1 is 1.17 bits per heavy atom. The second-order valence-electron chi connectivity index (χ2n) is 8.20. The maximum absolute atomic E-state index is 13.0. The van der Waals surface area contributed by atoms with Gasteiger partial charge in [0.2, 0.25) is 10.0 Å². The Bertz CT molecular complexity index is 1340. The molecule has 0 aliphatic heterocycles. The lowest BCUT2D eigenvalue weighted by molar-refractivity contribution is -0.141. The lowest BCUT2D eigenvalue weighted by atomic mass is 10.2. The van der Waals surface area contributed by atoms with Gasteiger partial charge >= 0.3 is 6.18 Å². The Morgan fingerprint density at radius 2 is 1.92 bits per heavy atom. The van der Waals surface area contributed by atoms with E-state index in [9.17, 15) is 26.4 Å². The van der Waals surface area contributed by atoms with Crippen LogP contribution in [-0.2, 0) is 25.7 Å². The van der Waals surface area contributed by atoms with Crippen molar-refractivity contribution in [2.24, 2.45) is 0 Å². The monoisotopic (exact) mass is 542 g/mol. The zero-order valence-electron chi connectivity index (χ0n) is 19.0. The summed E-state index contributed by atoms with van der Waals surface area (Å²) in [5.74, 6) is -0.490. The van der Waals surface area contributed by atoms with Crippen LogP contribution in [0.15, 0.2) is 36.1 Å². The highest BCUT2D eigenvalue weighted by Crippen LogP contribution is 2.32. The van der Waals surface area contributed by atoms with E-state index >= 15 is 0 Å². The Kier molecular flexibility index (Phi) is 7.24. The molecule has 3 aromatic heterocycles. The number of anilines is 2. The summed E-state index contributed by atoms with van der Waals surface area (Å²) in [5, 5.41) is 3.82. The molecule has 1 fully saturated rings. The van der Waals surface area contributed by atoms with E-state index in [1.54, 1.807) is 13.8 Å². The SMILES string of the molecule is CC(C)OC(C(=O)Nc1ccc(-c2cncc(C(F)(F)F)n2)cn1)c1csc(NS(=O)(=O)C2CC2)n1. The first kappa shape index (κ1) is 25.9. The van der Waals surface area contributed by atoms with E-state index in [4.69, 9.17) is 4.74 Å². The number of pyridine rings is 1. The van der Waals surface area contributed by atoms with Gasteiger partial charge in [0.05, 0.1) is 35.1 Å². The third-order valence-corrected chi connectivity index (χ3v) is 7.60. The zero-order chi connectivity index (χ0) is 26.1. The number of amides is 1. The lowest BCUT2D eigenvalue weighted by Gasteiger charge is -2.18. The number of hydrogen-bond donors (Lipinski definition) is 2. The van der Waals surface area contributed by atoms with Gasteiger partial charge in [-0.15, -0.1) is 11.3 Å². The summed E-state index contributed by atoms with van der Waals surface area (Å²) in [6, 6.07) is 2.84. The standard InChI is InChI=1S/C21H21F3N6O4S2/c1-11(2)34-18(15-10-35-20(28-15)30-36(32,33)13-4-5-13)19(31)29-17-6-3-12(7-26-17)14-8-25-9-16(27-14)21(22,23)24/h3,6-11,13,18H,4-5H2,1-2H3,(H,28,30)(H,26,29,31). The minimum atomic E-state index is -4.64. The number of carbonyl (C=O) groups is 1. The molecule has 36 heavy (non-hydrogen) atoms. The molecule has 1 saturated carbocycles. The first-order valence-corrected chi connectivity index (χ1v) is 13.1. The van der Waals surface area contributed by atoms with Gasteiger partial charge in [0.15, 0.2) is 16.9 Å². The highest BCUT2D eigenvalue weighted by molar-refractivity contribution is 7.93. The number of rotatable bonds is 9. The molecule has 2 N–H and O–H groups in total. The quantitative estimate of drug-likeness (QED) is 0.414. The van der Waals surface area contributed by atoms with Crippen LogP contribution in [0.25, 0.3) is 11.3 Å². The Labute approximate surface area is 208 Å². The van der Waals surface area contributed by atoms with E-state index in [1.807, 2.05) is 0 Å². The molecule has 0 aromatic carbocycles. The average molecular weight is 543 g/mol. The first-order chi connectivity index (χ1) is 16.9. The van der Waals surface area contributed by atoms with Crippen LogP contribution in [0.4, 0.5) is 24.1 Å². The van der Waals surface area contributed by atoms with E-state index in [2.05, 4.69) is 30.0 Å². The van der Waals surface area contributed by atoms with Gasteiger partial charge in [-0.3, -0.25) is 14.5 Å². The molecular weight excluding hydrogens is 521 g/mol. The maximum atomic E-state index is 13.0. The number of alkyl halides is 3. The van der Waals surface area contributed by atoms with E-state index < -0.39 is 39.2 Å². The smallest absolute Gasteiger partial charge is 0.359 e. The molecule has 1 aliphatic rings. The lowest BCUT2D eigenvalue weighted by Crippen LogP contribution is -2.26. The van der Waals surface area contributed by atoms with Crippen molar-refractivity contribution in [1.29, 1.82) is 0 Å². The zero-order valence-corrected chi connectivity index (χ0v) is 20.6. The number of thiazole rings is 1. The fourth-order valence-corrected chi connectivity index (χ4v) is 5.35. The van der Waals surface area contributed by atoms with E-state index in [0.29, 0.717) is 19.0 Å². The molecular formula is C21H21F3N6O4S2. The van der Waals surface area contributed by atoms with Crippen molar-refractivity contribution in [1.82, 2.24) is 19.9 Å². The molecule has 3 heterocycles. The normalized spacial score (nSPS) is 15.1. The molecule has 0 saturated heterocycles. The number of carbonyl (C=O) groups excluding carboxylic acids is 1. The molecule has 1 amide bonds. The van der Waals surface area contributed by atoms with Crippen molar-refractivity contribution in [3.8, 4) is 11.3 Å². The topological polar surface area (TPSA) is 136 Å². The third kappa shape index (κ3) is 6.33. The predicted molar refractivity (Wildman–Crippen MR) is 126 cm³/mol. The van der Waals surface area contributed by atoms with Gasteiger partial charge in [-0.05, 0) is 38.8 Å². The Balaban J connectivity index is 1.48. The predicted octanol–water partition coefficient (Wildman–Crippen LogP) is 4.02. The van der Waals surface area contributed by atoms with Crippen LogP contribution in [0, 0.1) is 0 Å². The van der Waals surface area contributed by atoms with Crippen molar-refractivity contribution in [2.75, 3.05) is 10.0 Å². The molecule has 192 valence electrons.